The van der Waals surface area contributed by atoms with E-state index >= 15 is 0 Å². The average Bonchev–Trinajstić information content (AvgIpc) is 2.51. The third kappa shape index (κ3) is 5.72. The van der Waals surface area contributed by atoms with Crippen LogP contribution in [0.1, 0.15) is 32.6 Å². The Morgan fingerprint density at radius 2 is 2.29 bits per heavy atom. The van der Waals surface area contributed by atoms with Crippen LogP contribution in [0.2, 0.25) is 0 Å². The van der Waals surface area contributed by atoms with Crippen molar-refractivity contribution in [1.82, 2.24) is 4.90 Å². The fourth-order valence-electron chi connectivity index (χ4n) is 1.12. The number of carbonyl (C=O) groups is 1. The first-order chi connectivity index (χ1) is 6.61. The van der Waals surface area contributed by atoms with Crippen LogP contribution in [0.15, 0.2) is 12.8 Å². The highest BCUT2D eigenvalue weighted by atomic mass is 16.5. The van der Waals surface area contributed by atoms with Crippen molar-refractivity contribution in [1.29, 1.82) is 0 Å². The van der Waals surface area contributed by atoms with Crippen molar-refractivity contribution < 1.29 is 15.0 Å². The summed E-state index contributed by atoms with van der Waals surface area (Å²) in [6.07, 6.45) is 3.50. The van der Waals surface area contributed by atoms with Crippen molar-refractivity contribution in [3.63, 3.8) is 0 Å². The van der Waals surface area contributed by atoms with Crippen molar-refractivity contribution in [3.05, 3.63) is 12.8 Å². The minimum Gasteiger partial charge on any atom is -0.368 e. The Morgan fingerprint density at radius 3 is 2.43 bits per heavy atom. The molecule has 4 heteroatoms. The summed E-state index contributed by atoms with van der Waals surface area (Å²) >= 11 is 0. The Bertz CT molecular complexity index is 180. The number of hydrogen-bond donors (Lipinski definition) is 2. The molecule has 0 aromatic rings. The number of likely N-dealkylation sites (tertiary alicyclic amines) is 1. The molecule has 1 aliphatic heterocycles. The number of amides is 1. The molecule has 0 atom stereocenters. The Morgan fingerprint density at radius 1 is 1.64 bits per heavy atom. The zero-order chi connectivity index (χ0) is 11.0. The Hall–Kier alpha value is -0.870. The minimum absolute atomic E-state index is 0.208. The van der Waals surface area contributed by atoms with Gasteiger partial charge in [0.1, 0.15) is 0 Å². The topological polar surface area (TPSA) is 60.8 Å². The fourth-order valence-corrected chi connectivity index (χ4v) is 1.12. The molecule has 0 aliphatic carbocycles. The standard InChI is InChI=1S/C6H9NO.C4H10O2/c1-2-7-5-3-4-6(7)8;1-2-3-4(5)6/h2H,1,3-5H2;4-6H,2-3H2,1H3. The summed E-state index contributed by atoms with van der Waals surface area (Å²) in [7, 11) is 0. The van der Waals surface area contributed by atoms with Crippen LogP contribution in [0.3, 0.4) is 0 Å². The minimum atomic E-state index is -1.10. The number of aliphatic hydroxyl groups is 2. The van der Waals surface area contributed by atoms with E-state index in [0.29, 0.717) is 12.8 Å². The van der Waals surface area contributed by atoms with Crippen LogP contribution in [0, 0.1) is 0 Å². The summed E-state index contributed by atoms with van der Waals surface area (Å²) in [5.74, 6) is 0.208. The number of nitrogens with zero attached hydrogens (tertiary/aromatic N) is 1. The van der Waals surface area contributed by atoms with Crippen molar-refractivity contribution in [3.8, 4) is 0 Å². The van der Waals surface area contributed by atoms with Crippen LogP contribution in [0.4, 0.5) is 0 Å². The molecule has 14 heavy (non-hydrogen) atoms. The molecule has 0 radical (unpaired) electrons. The largest absolute Gasteiger partial charge is 0.368 e. The van der Waals surface area contributed by atoms with E-state index in [2.05, 4.69) is 6.58 Å². The Balaban J connectivity index is 0.000000255. The normalized spacial score (nSPS) is 15.4. The van der Waals surface area contributed by atoms with E-state index < -0.39 is 6.29 Å². The lowest BCUT2D eigenvalue weighted by Crippen LogP contribution is -2.16. The zero-order valence-electron chi connectivity index (χ0n) is 8.65. The van der Waals surface area contributed by atoms with Gasteiger partial charge in [-0.15, -0.1) is 0 Å². The van der Waals surface area contributed by atoms with Crippen LogP contribution in [0.5, 0.6) is 0 Å². The molecule has 1 saturated heterocycles. The van der Waals surface area contributed by atoms with Crippen molar-refractivity contribution in [2.45, 2.75) is 38.9 Å². The van der Waals surface area contributed by atoms with E-state index in [4.69, 9.17) is 10.2 Å². The van der Waals surface area contributed by atoms with E-state index in [1.165, 1.54) is 0 Å². The molecule has 4 nitrogen and oxygen atoms in total. The highest BCUT2D eigenvalue weighted by Gasteiger charge is 2.15. The van der Waals surface area contributed by atoms with Crippen LogP contribution in [-0.2, 0) is 4.79 Å². The molecular weight excluding hydrogens is 182 g/mol. The first-order valence-corrected chi connectivity index (χ1v) is 4.90. The second-order valence-corrected chi connectivity index (χ2v) is 3.14. The summed E-state index contributed by atoms with van der Waals surface area (Å²) in [6, 6.07) is 0. The predicted molar refractivity (Wildman–Crippen MR) is 54.3 cm³/mol. The van der Waals surface area contributed by atoms with Gasteiger partial charge in [0.15, 0.2) is 6.29 Å². The summed E-state index contributed by atoms with van der Waals surface area (Å²) in [6.45, 7) is 6.26. The third-order valence-corrected chi connectivity index (χ3v) is 1.88. The average molecular weight is 201 g/mol. The highest BCUT2D eigenvalue weighted by molar-refractivity contribution is 5.78. The van der Waals surface area contributed by atoms with Gasteiger partial charge in [-0.25, -0.2) is 0 Å². The van der Waals surface area contributed by atoms with E-state index in [1.807, 2.05) is 6.92 Å². The monoisotopic (exact) mass is 201 g/mol. The Kier molecular flexibility index (Phi) is 7.06. The lowest BCUT2D eigenvalue weighted by atomic mass is 10.3. The van der Waals surface area contributed by atoms with Crippen LogP contribution >= 0.6 is 0 Å². The SMILES string of the molecule is C=CN1CCCC1=O.CCCC(O)O. The van der Waals surface area contributed by atoms with Crippen molar-refractivity contribution in [2.24, 2.45) is 0 Å². The zero-order valence-corrected chi connectivity index (χ0v) is 8.65. The van der Waals surface area contributed by atoms with Gasteiger partial charge < -0.3 is 15.1 Å². The van der Waals surface area contributed by atoms with Gasteiger partial charge in [-0.1, -0.05) is 19.9 Å². The highest BCUT2D eigenvalue weighted by Crippen LogP contribution is 2.08. The number of carbonyl (C=O) groups excluding carboxylic acids is 1. The smallest absolute Gasteiger partial charge is 0.226 e. The molecule has 0 unspecified atom stereocenters. The van der Waals surface area contributed by atoms with Crippen LogP contribution < -0.4 is 0 Å². The van der Waals surface area contributed by atoms with Crippen LogP contribution in [0.25, 0.3) is 0 Å². The van der Waals surface area contributed by atoms with Gasteiger partial charge in [0, 0.05) is 13.0 Å². The van der Waals surface area contributed by atoms with Gasteiger partial charge in [0.2, 0.25) is 5.91 Å². The van der Waals surface area contributed by atoms with Gasteiger partial charge in [-0.3, -0.25) is 4.79 Å². The van der Waals surface area contributed by atoms with Gasteiger partial charge in [0.05, 0.1) is 0 Å². The second kappa shape index (κ2) is 7.53. The van der Waals surface area contributed by atoms with Gasteiger partial charge in [-0.05, 0) is 19.0 Å². The molecule has 0 saturated carbocycles. The summed E-state index contributed by atoms with van der Waals surface area (Å²) in [4.78, 5) is 12.3. The van der Waals surface area contributed by atoms with E-state index in [1.54, 1.807) is 11.1 Å². The number of hydrogen-bond acceptors (Lipinski definition) is 3. The molecule has 1 heterocycles. The van der Waals surface area contributed by atoms with Crippen molar-refractivity contribution >= 4 is 5.91 Å². The quantitative estimate of drug-likeness (QED) is 0.665. The molecule has 1 aliphatic rings. The van der Waals surface area contributed by atoms with Crippen molar-refractivity contribution in [2.75, 3.05) is 6.54 Å². The summed E-state index contributed by atoms with van der Waals surface area (Å²) in [5.41, 5.74) is 0. The molecular formula is C10H19NO3. The first kappa shape index (κ1) is 13.1. The third-order valence-electron chi connectivity index (χ3n) is 1.88. The van der Waals surface area contributed by atoms with Crippen LogP contribution in [-0.4, -0.2) is 33.9 Å². The fraction of sp³-hybridized carbons (Fsp3) is 0.700. The maximum Gasteiger partial charge on any atom is 0.226 e. The predicted octanol–water partition coefficient (Wildman–Crippen LogP) is 0.849. The van der Waals surface area contributed by atoms with Gasteiger partial charge in [-0.2, -0.15) is 0 Å². The lowest BCUT2D eigenvalue weighted by molar-refractivity contribution is -0.125. The molecule has 0 aromatic carbocycles. The number of rotatable bonds is 3. The molecule has 0 spiro atoms. The van der Waals surface area contributed by atoms with E-state index in [-0.39, 0.29) is 5.91 Å². The molecule has 1 rings (SSSR count). The molecule has 0 aromatic heterocycles. The maximum absolute atomic E-state index is 10.7. The summed E-state index contributed by atoms with van der Waals surface area (Å²) < 4.78 is 0. The molecule has 1 fully saturated rings. The van der Waals surface area contributed by atoms with E-state index in [0.717, 1.165) is 19.4 Å². The molecule has 82 valence electrons. The number of aliphatic hydroxyl groups excluding tert-OH is 1. The summed E-state index contributed by atoms with van der Waals surface area (Å²) in [5, 5.41) is 16.2. The molecule has 0 bridgehead atoms. The lowest BCUT2D eigenvalue weighted by Gasteiger charge is -2.05. The Labute approximate surface area is 84.8 Å². The van der Waals surface area contributed by atoms with E-state index in [9.17, 15) is 4.79 Å². The maximum atomic E-state index is 10.7. The first-order valence-electron chi connectivity index (χ1n) is 4.90. The second-order valence-electron chi connectivity index (χ2n) is 3.14. The molecule has 1 amide bonds. The van der Waals surface area contributed by atoms with Gasteiger partial charge >= 0.3 is 0 Å². The molecule has 2 N–H and O–H groups in total. The van der Waals surface area contributed by atoms with Gasteiger partial charge in [0.25, 0.3) is 0 Å².